The molecule has 1 aliphatic heterocycles. The van der Waals surface area contributed by atoms with Crippen molar-refractivity contribution in [2.75, 3.05) is 11.9 Å². The summed E-state index contributed by atoms with van der Waals surface area (Å²) in [6.45, 7) is 2.52. The van der Waals surface area contributed by atoms with Crippen LogP contribution in [-0.2, 0) is 16.1 Å². The number of benzene rings is 2. The van der Waals surface area contributed by atoms with E-state index in [1.54, 1.807) is 12.1 Å². The standard InChI is InChI=1S/C20H22N2O4/c1-14-9-10-18(23)16(12-14)21-19(24)17-8-5-11-22(17)20(25)26-13-15-6-3-2-4-7-15/h2-4,6-7,9-10,12,17,23H,5,8,11,13H2,1H3,(H,21,24)/t17-/m1/s1. The van der Waals surface area contributed by atoms with Crippen LogP contribution in [0.3, 0.4) is 0 Å². The van der Waals surface area contributed by atoms with Crippen molar-refractivity contribution in [3.63, 3.8) is 0 Å². The van der Waals surface area contributed by atoms with Gasteiger partial charge in [0, 0.05) is 6.54 Å². The highest BCUT2D eigenvalue weighted by Crippen LogP contribution is 2.26. The topological polar surface area (TPSA) is 78.9 Å². The average molecular weight is 354 g/mol. The van der Waals surface area contributed by atoms with Crippen LogP contribution in [0.25, 0.3) is 0 Å². The summed E-state index contributed by atoms with van der Waals surface area (Å²) in [6.07, 6.45) is 0.803. The highest BCUT2D eigenvalue weighted by molar-refractivity contribution is 5.98. The molecule has 6 nitrogen and oxygen atoms in total. The van der Waals surface area contributed by atoms with Gasteiger partial charge in [-0.05, 0) is 43.0 Å². The summed E-state index contributed by atoms with van der Waals surface area (Å²) in [5.41, 5.74) is 2.16. The molecule has 0 bridgehead atoms. The van der Waals surface area contributed by atoms with Crippen LogP contribution >= 0.6 is 0 Å². The molecule has 136 valence electrons. The molecule has 1 fully saturated rings. The molecule has 6 heteroatoms. The van der Waals surface area contributed by atoms with Crippen LogP contribution in [0.5, 0.6) is 5.75 Å². The summed E-state index contributed by atoms with van der Waals surface area (Å²) < 4.78 is 5.34. The maximum absolute atomic E-state index is 12.6. The Morgan fingerprint density at radius 3 is 2.77 bits per heavy atom. The van der Waals surface area contributed by atoms with Crippen molar-refractivity contribution in [2.24, 2.45) is 0 Å². The van der Waals surface area contributed by atoms with Gasteiger partial charge in [0.25, 0.3) is 0 Å². The van der Waals surface area contributed by atoms with E-state index in [4.69, 9.17) is 4.74 Å². The van der Waals surface area contributed by atoms with Gasteiger partial charge in [0.05, 0.1) is 5.69 Å². The number of carbonyl (C=O) groups is 2. The fourth-order valence-electron chi connectivity index (χ4n) is 3.03. The van der Waals surface area contributed by atoms with E-state index in [9.17, 15) is 14.7 Å². The summed E-state index contributed by atoms with van der Waals surface area (Å²) in [5.74, 6) is -0.319. The maximum Gasteiger partial charge on any atom is 0.410 e. The SMILES string of the molecule is Cc1ccc(O)c(NC(=O)[C@H]2CCCN2C(=O)OCc2ccccc2)c1. The van der Waals surface area contributed by atoms with Gasteiger partial charge >= 0.3 is 6.09 Å². The molecular weight excluding hydrogens is 332 g/mol. The number of hydrogen-bond acceptors (Lipinski definition) is 4. The summed E-state index contributed by atoms with van der Waals surface area (Å²) in [4.78, 5) is 26.4. The zero-order valence-corrected chi connectivity index (χ0v) is 14.6. The van der Waals surface area contributed by atoms with Crippen LogP contribution in [0, 0.1) is 6.92 Å². The first-order chi connectivity index (χ1) is 12.5. The van der Waals surface area contributed by atoms with Crippen molar-refractivity contribution in [2.45, 2.75) is 32.4 Å². The monoisotopic (exact) mass is 354 g/mol. The molecule has 0 radical (unpaired) electrons. The molecule has 1 saturated heterocycles. The lowest BCUT2D eigenvalue weighted by atomic mass is 10.1. The summed E-state index contributed by atoms with van der Waals surface area (Å²) in [6, 6.07) is 13.8. The predicted molar refractivity (Wildman–Crippen MR) is 97.8 cm³/mol. The maximum atomic E-state index is 12.6. The van der Waals surface area contributed by atoms with E-state index in [1.165, 1.54) is 11.0 Å². The third-order valence-electron chi connectivity index (χ3n) is 4.41. The molecule has 0 aromatic heterocycles. The van der Waals surface area contributed by atoms with Crippen LogP contribution in [0.1, 0.15) is 24.0 Å². The first-order valence-corrected chi connectivity index (χ1v) is 8.62. The van der Waals surface area contributed by atoms with Gasteiger partial charge in [0.15, 0.2) is 0 Å². The molecule has 1 atom stereocenters. The van der Waals surface area contributed by atoms with Gasteiger partial charge in [0.2, 0.25) is 5.91 Å². The summed E-state index contributed by atoms with van der Waals surface area (Å²) in [5, 5.41) is 12.6. The molecule has 2 aromatic carbocycles. The van der Waals surface area contributed by atoms with Crippen LogP contribution < -0.4 is 5.32 Å². The first kappa shape index (κ1) is 17.8. The normalized spacial score (nSPS) is 16.3. The van der Waals surface area contributed by atoms with Crippen LogP contribution in [0.2, 0.25) is 0 Å². The predicted octanol–water partition coefficient (Wildman–Crippen LogP) is 3.44. The minimum atomic E-state index is -0.599. The molecule has 2 amide bonds. The lowest BCUT2D eigenvalue weighted by molar-refractivity contribution is -0.120. The summed E-state index contributed by atoms with van der Waals surface area (Å²) >= 11 is 0. The van der Waals surface area contributed by atoms with Crippen molar-refractivity contribution in [3.05, 3.63) is 59.7 Å². The number of nitrogens with one attached hydrogen (secondary N) is 1. The number of hydrogen-bond donors (Lipinski definition) is 2. The number of aryl methyl sites for hydroxylation is 1. The van der Waals surface area contributed by atoms with Gasteiger partial charge in [-0.2, -0.15) is 0 Å². The minimum Gasteiger partial charge on any atom is -0.506 e. The zero-order chi connectivity index (χ0) is 18.5. The van der Waals surface area contributed by atoms with E-state index in [0.29, 0.717) is 18.7 Å². The van der Waals surface area contributed by atoms with Crippen LogP contribution in [0.4, 0.5) is 10.5 Å². The van der Waals surface area contributed by atoms with E-state index < -0.39 is 12.1 Å². The van der Waals surface area contributed by atoms with Gasteiger partial charge in [0.1, 0.15) is 18.4 Å². The highest BCUT2D eigenvalue weighted by Gasteiger charge is 2.35. The lowest BCUT2D eigenvalue weighted by Gasteiger charge is -2.23. The van der Waals surface area contributed by atoms with E-state index in [2.05, 4.69) is 5.32 Å². The zero-order valence-electron chi connectivity index (χ0n) is 14.6. The lowest BCUT2D eigenvalue weighted by Crippen LogP contribution is -2.43. The van der Waals surface area contributed by atoms with E-state index in [0.717, 1.165) is 17.5 Å². The molecule has 1 aliphatic rings. The van der Waals surface area contributed by atoms with E-state index in [1.807, 2.05) is 37.3 Å². The molecule has 3 rings (SSSR count). The first-order valence-electron chi connectivity index (χ1n) is 8.62. The van der Waals surface area contributed by atoms with E-state index >= 15 is 0 Å². The smallest absolute Gasteiger partial charge is 0.410 e. The number of phenols is 1. The molecule has 0 aliphatic carbocycles. The third kappa shape index (κ3) is 4.14. The number of aromatic hydroxyl groups is 1. The largest absolute Gasteiger partial charge is 0.506 e. The molecule has 2 N–H and O–H groups in total. The Bertz CT molecular complexity index is 792. The number of likely N-dealkylation sites (tertiary alicyclic amines) is 1. The van der Waals surface area contributed by atoms with Crippen molar-refractivity contribution >= 4 is 17.7 Å². The van der Waals surface area contributed by atoms with Crippen molar-refractivity contribution < 1.29 is 19.4 Å². The van der Waals surface area contributed by atoms with Gasteiger partial charge in [-0.1, -0.05) is 36.4 Å². The van der Waals surface area contributed by atoms with Crippen molar-refractivity contribution in [1.82, 2.24) is 4.90 Å². The van der Waals surface area contributed by atoms with Crippen molar-refractivity contribution in [3.8, 4) is 5.75 Å². The van der Waals surface area contributed by atoms with Gasteiger partial charge < -0.3 is 15.2 Å². The Hall–Kier alpha value is -3.02. The molecular formula is C20H22N2O4. The van der Waals surface area contributed by atoms with Gasteiger partial charge in [-0.15, -0.1) is 0 Å². The Kier molecular flexibility index (Phi) is 5.41. The molecule has 0 spiro atoms. The number of phenolic OH excluding ortho intramolecular Hbond substituents is 1. The minimum absolute atomic E-state index is 0.000140. The fourth-order valence-corrected chi connectivity index (χ4v) is 3.03. The van der Waals surface area contributed by atoms with Crippen LogP contribution in [0.15, 0.2) is 48.5 Å². The van der Waals surface area contributed by atoms with Gasteiger partial charge in [-0.3, -0.25) is 9.69 Å². The Balaban J connectivity index is 1.62. The summed E-state index contributed by atoms with van der Waals surface area (Å²) in [7, 11) is 0. The number of amides is 2. The second-order valence-corrected chi connectivity index (χ2v) is 6.40. The second-order valence-electron chi connectivity index (χ2n) is 6.40. The fraction of sp³-hybridized carbons (Fsp3) is 0.300. The number of anilines is 1. The Morgan fingerprint density at radius 2 is 2.00 bits per heavy atom. The average Bonchev–Trinajstić information content (AvgIpc) is 3.13. The number of carbonyl (C=O) groups excluding carboxylic acids is 2. The van der Waals surface area contributed by atoms with E-state index in [-0.39, 0.29) is 18.3 Å². The highest BCUT2D eigenvalue weighted by atomic mass is 16.6. The van der Waals surface area contributed by atoms with Crippen LogP contribution in [-0.4, -0.2) is 34.6 Å². The number of nitrogens with zero attached hydrogens (tertiary/aromatic N) is 1. The molecule has 0 unspecified atom stereocenters. The third-order valence-corrected chi connectivity index (χ3v) is 4.41. The molecule has 1 heterocycles. The molecule has 0 saturated carbocycles. The Labute approximate surface area is 152 Å². The number of ether oxygens (including phenoxy) is 1. The quantitative estimate of drug-likeness (QED) is 0.825. The van der Waals surface area contributed by atoms with Crippen molar-refractivity contribution in [1.29, 1.82) is 0 Å². The Morgan fingerprint density at radius 1 is 1.23 bits per heavy atom. The molecule has 2 aromatic rings. The number of rotatable bonds is 4. The van der Waals surface area contributed by atoms with Gasteiger partial charge in [-0.25, -0.2) is 4.79 Å². The molecule has 26 heavy (non-hydrogen) atoms. The second kappa shape index (κ2) is 7.91.